The Kier molecular flexibility index (Phi) is 14.2. The number of nitrogens with one attached hydrogen (secondary N) is 1. The molecule has 0 radical (unpaired) electrons. The Labute approximate surface area is 266 Å². The van der Waals surface area contributed by atoms with Crippen LogP contribution in [0.25, 0.3) is 0 Å². The summed E-state index contributed by atoms with van der Waals surface area (Å²) in [5.74, 6) is -1.58. The third kappa shape index (κ3) is 11.6. The van der Waals surface area contributed by atoms with Gasteiger partial charge in [-0.15, -0.1) is 0 Å². The van der Waals surface area contributed by atoms with Crippen molar-refractivity contribution in [3.63, 3.8) is 0 Å². The highest BCUT2D eigenvalue weighted by molar-refractivity contribution is 5.83. The summed E-state index contributed by atoms with van der Waals surface area (Å²) < 4.78 is 17.0. The van der Waals surface area contributed by atoms with Gasteiger partial charge in [0, 0.05) is 13.0 Å². The maximum atomic E-state index is 12.8. The number of rotatable bonds is 15. The molecule has 1 fully saturated rings. The lowest BCUT2D eigenvalue weighted by Crippen LogP contribution is -2.47. The summed E-state index contributed by atoms with van der Waals surface area (Å²) >= 11 is 0. The number of aliphatic hydroxyl groups excluding tert-OH is 3. The van der Waals surface area contributed by atoms with Gasteiger partial charge in [-0.25, -0.2) is 9.59 Å². The van der Waals surface area contributed by atoms with Gasteiger partial charge in [-0.1, -0.05) is 18.2 Å². The van der Waals surface area contributed by atoms with Crippen molar-refractivity contribution in [3.05, 3.63) is 53.6 Å². The Morgan fingerprint density at radius 3 is 2.07 bits per heavy atom. The van der Waals surface area contributed by atoms with Gasteiger partial charge in [-0.05, 0) is 74.7 Å². The lowest BCUT2D eigenvalue weighted by atomic mass is 10.0. The lowest BCUT2D eigenvalue weighted by Gasteiger charge is -2.29. The van der Waals surface area contributed by atoms with E-state index in [2.05, 4.69) is 10.2 Å². The normalized spacial score (nSPS) is 16.6. The summed E-state index contributed by atoms with van der Waals surface area (Å²) in [6, 6.07) is 12.6. The molecule has 4 atom stereocenters. The number of aryl methyl sites for hydroxylation is 1. The molecule has 0 aromatic heterocycles. The number of likely N-dealkylation sites (tertiary alicyclic amines) is 1. The van der Waals surface area contributed by atoms with Crippen LogP contribution in [0.2, 0.25) is 0 Å². The summed E-state index contributed by atoms with van der Waals surface area (Å²) in [4.78, 5) is 45.8. The number of carboxylic acids is 2. The molecule has 2 heterocycles. The van der Waals surface area contributed by atoms with E-state index in [1.165, 1.54) is 0 Å². The fourth-order valence-corrected chi connectivity index (χ4v) is 4.83. The SMILES string of the molecule is CC(=O)CCc1ccc(OCCC(=O)N[C@H](CN2CCCC2)[C@H](O)c2ccc3c(c2)OCCO3)cc1.O=C(O)C(O)C(O)C(=O)O. The molecule has 0 saturated carbocycles. The number of ether oxygens (including phenoxy) is 3. The van der Waals surface area contributed by atoms with Gasteiger partial charge in [0.1, 0.15) is 30.9 Å². The summed E-state index contributed by atoms with van der Waals surface area (Å²) in [5, 5.41) is 46.8. The van der Waals surface area contributed by atoms with Crippen LogP contribution in [0.3, 0.4) is 0 Å². The zero-order chi connectivity index (χ0) is 33.6. The monoisotopic (exact) mass is 646 g/mol. The predicted molar refractivity (Wildman–Crippen MR) is 163 cm³/mol. The van der Waals surface area contributed by atoms with E-state index in [0.717, 1.165) is 31.5 Å². The largest absolute Gasteiger partial charge is 0.493 e. The Balaban J connectivity index is 0.000000498. The van der Waals surface area contributed by atoms with E-state index >= 15 is 0 Å². The van der Waals surface area contributed by atoms with Gasteiger partial charge in [0.05, 0.1) is 19.1 Å². The van der Waals surface area contributed by atoms with Crippen LogP contribution >= 0.6 is 0 Å². The predicted octanol–water partition coefficient (Wildman–Crippen LogP) is 0.940. The van der Waals surface area contributed by atoms with Crippen LogP contribution in [-0.2, 0) is 25.6 Å². The number of ketones is 1. The summed E-state index contributed by atoms with van der Waals surface area (Å²) in [6.45, 7) is 5.31. The number of carboxylic acid groups (broad SMARTS) is 2. The quantitative estimate of drug-likeness (QED) is 0.159. The summed E-state index contributed by atoms with van der Waals surface area (Å²) in [5.41, 5.74) is 1.76. The number of nitrogens with zero attached hydrogens (tertiary/aromatic N) is 1. The second-order valence-electron chi connectivity index (χ2n) is 11.0. The Morgan fingerprint density at radius 1 is 0.870 bits per heavy atom. The molecule has 2 unspecified atom stereocenters. The van der Waals surface area contributed by atoms with Crippen molar-refractivity contribution in [1.82, 2.24) is 10.2 Å². The number of fused-ring (bicyclic) bond motifs is 1. The maximum Gasteiger partial charge on any atom is 0.335 e. The molecule has 4 rings (SSSR count). The zero-order valence-electron chi connectivity index (χ0n) is 25.7. The van der Waals surface area contributed by atoms with Crippen LogP contribution in [0.15, 0.2) is 42.5 Å². The maximum absolute atomic E-state index is 12.8. The third-order valence-electron chi connectivity index (χ3n) is 7.38. The zero-order valence-corrected chi connectivity index (χ0v) is 25.7. The molecule has 1 saturated heterocycles. The minimum Gasteiger partial charge on any atom is -0.493 e. The standard InChI is InChI=1S/C28H36N2O6.C4H6O6/c1-20(31)4-5-21-6-9-23(10-7-21)34-15-12-27(32)29-24(19-30-13-2-3-14-30)28(33)22-8-11-25-26(18-22)36-17-16-35-25;5-1(3(7)8)2(6)4(9)10/h6-11,18,24,28,33H,2-5,12-17,19H2,1H3,(H,29,32);1-2,5-6H,(H,7,8)(H,9,10)/t24-,28-;/m1./s1. The van der Waals surface area contributed by atoms with Gasteiger partial charge >= 0.3 is 11.9 Å². The molecule has 2 aliphatic heterocycles. The van der Waals surface area contributed by atoms with Crippen molar-refractivity contribution in [2.45, 2.75) is 63.4 Å². The highest BCUT2D eigenvalue weighted by Gasteiger charge is 2.30. The average molecular weight is 647 g/mol. The highest BCUT2D eigenvalue weighted by atomic mass is 16.6. The van der Waals surface area contributed by atoms with Gasteiger partial charge in [-0.3, -0.25) is 4.79 Å². The van der Waals surface area contributed by atoms with Crippen LogP contribution in [0, 0.1) is 0 Å². The first-order chi connectivity index (χ1) is 21.9. The molecular weight excluding hydrogens is 604 g/mol. The molecule has 2 aromatic rings. The summed E-state index contributed by atoms with van der Waals surface area (Å²) in [7, 11) is 0. The van der Waals surface area contributed by atoms with E-state index in [-0.39, 0.29) is 24.7 Å². The van der Waals surface area contributed by atoms with Crippen molar-refractivity contribution in [2.24, 2.45) is 0 Å². The molecule has 252 valence electrons. The van der Waals surface area contributed by atoms with Crippen LogP contribution in [-0.4, -0.2) is 112 Å². The molecule has 6 N–H and O–H groups in total. The second kappa shape index (κ2) is 18.0. The fourth-order valence-electron chi connectivity index (χ4n) is 4.83. The number of carbonyl (C=O) groups excluding carboxylic acids is 2. The Morgan fingerprint density at radius 2 is 1.48 bits per heavy atom. The van der Waals surface area contributed by atoms with Gasteiger partial charge in [-0.2, -0.15) is 0 Å². The van der Waals surface area contributed by atoms with Gasteiger partial charge in [0.15, 0.2) is 23.7 Å². The van der Waals surface area contributed by atoms with Crippen LogP contribution in [0.5, 0.6) is 17.2 Å². The first-order valence-corrected chi connectivity index (χ1v) is 15.1. The van der Waals surface area contributed by atoms with Crippen molar-refractivity contribution in [3.8, 4) is 17.2 Å². The fraction of sp³-hybridized carbons (Fsp3) is 0.500. The van der Waals surface area contributed by atoms with Gasteiger partial charge in [0.2, 0.25) is 5.91 Å². The number of hydrogen-bond acceptors (Lipinski definition) is 11. The van der Waals surface area contributed by atoms with Gasteiger partial charge in [0.25, 0.3) is 0 Å². The van der Waals surface area contributed by atoms with Crippen molar-refractivity contribution in [1.29, 1.82) is 0 Å². The number of Topliss-reactive ketones (excluding diaryl/α,β-unsaturated/α-hetero) is 1. The smallest absolute Gasteiger partial charge is 0.335 e. The molecule has 14 nitrogen and oxygen atoms in total. The third-order valence-corrected chi connectivity index (χ3v) is 7.38. The molecule has 1 amide bonds. The average Bonchev–Trinajstić information content (AvgIpc) is 3.56. The van der Waals surface area contributed by atoms with E-state index in [0.29, 0.717) is 55.4 Å². The molecule has 2 aliphatic rings. The Hall–Kier alpha value is -4.24. The van der Waals surface area contributed by atoms with Crippen LogP contribution < -0.4 is 19.5 Å². The molecule has 46 heavy (non-hydrogen) atoms. The van der Waals surface area contributed by atoms with Crippen LogP contribution in [0.4, 0.5) is 0 Å². The number of aliphatic hydroxyl groups is 3. The van der Waals surface area contributed by atoms with Crippen LogP contribution in [0.1, 0.15) is 49.8 Å². The first-order valence-electron chi connectivity index (χ1n) is 15.1. The summed E-state index contributed by atoms with van der Waals surface area (Å²) in [6.07, 6.45) is -1.75. The van der Waals surface area contributed by atoms with E-state index in [4.69, 9.17) is 34.6 Å². The lowest BCUT2D eigenvalue weighted by molar-refractivity contribution is -0.165. The minimum atomic E-state index is -2.27. The number of carbonyl (C=O) groups is 4. The second-order valence-corrected chi connectivity index (χ2v) is 11.0. The van der Waals surface area contributed by atoms with Crippen molar-refractivity contribution < 1.29 is 58.9 Å². The first kappa shape index (κ1) is 36.2. The molecule has 0 spiro atoms. The Bertz CT molecular complexity index is 1290. The van der Waals surface area contributed by atoms with E-state index in [9.17, 15) is 24.3 Å². The number of benzene rings is 2. The molecule has 14 heteroatoms. The van der Waals surface area contributed by atoms with E-state index < -0.39 is 36.3 Å². The van der Waals surface area contributed by atoms with Crippen molar-refractivity contribution in [2.75, 3.05) is 39.5 Å². The molecule has 0 aliphatic carbocycles. The molecular formula is C32H42N2O12. The van der Waals surface area contributed by atoms with Gasteiger partial charge < -0.3 is 54.8 Å². The van der Waals surface area contributed by atoms with E-state index in [1.807, 2.05) is 30.3 Å². The number of hydrogen-bond donors (Lipinski definition) is 6. The van der Waals surface area contributed by atoms with E-state index in [1.54, 1.807) is 19.1 Å². The number of amides is 1. The highest BCUT2D eigenvalue weighted by Crippen LogP contribution is 2.33. The van der Waals surface area contributed by atoms with Crippen molar-refractivity contribution >= 4 is 23.6 Å². The topological polar surface area (TPSA) is 212 Å². The molecule has 2 aromatic carbocycles. The number of aliphatic carboxylic acids is 2. The molecule has 0 bridgehead atoms. The minimum absolute atomic E-state index is 0.170.